The second kappa shape index (κ2) is 5.07. The maximum atomic E-state index is 11.9. The second-order valence-electron chi connectivity index (χ2n) is 5.35. The van der Waals surface area contributed by atoms with Crippen LogP contribution in [0.1, 0.15) is 46.0 Å². The number of carbonyl (C=O) groups is 2. The van der Waals surface area contributed by atoms with Crippen LogP contribution in [-0.4, -0.2) is 35.3 Å². The summed E-state index contributed by atoms with van der Waals surface area (Å²) in [5.41, 5.74) is 0. The van der Waals surface area contributed by atoms with Crippen molar-refractivity contribution in [2.45, 2.75) is 58.0 Å². The molecule has 4 heteroatoms. The molecule has 2 unspecified atom stereocenters. The van der Waals surface area contributed by atoms with Gasteiger partial charge in [-0.25, -0.2) is 0 Å². The molecule has 2 atom stereocenters. The van der Waals surface area contributed by atoms with Gasteiger partial charge < -0.3 is 10.2 Å². The minimum Gasteiger partial charge on any atom is -0.353 e. The molecule has 4 nitrogen and oxygen atoms in total. The molecule has 0 aromatic carbocycles. The van der Waals surface area contributed by atoms with Crippen LogP contribution in [0.25, 0.3) is 0 Å². The first kappa shape index (κ1) is 12.4. The van der Waals surface area contributed by atoms with Gasteiger partial charge in [0, 0.05) is 25.0 Å². The van der Waals surface area contributed by atoms with E-state index in [1.165, 1.54) is 6.42 Å². The fraction of sp³-hybridized carbons (Fsp3) is 0.846. The second-order valence-corrected chi connectivity index (χ2v) is 5.35. The van der Waals surface area contributed by atoms with Crippen LogP contribution in [0, 0.1) is 5.92 Å². The lowest BCUT2D eigenvalue weighted by atomic mass is 9.92. The molecule has 1 saturated heterocycles. The predicted molar refractivity (Wildman–Crippen MR) is 65.4 cm³/mol. The summed E-state index contributed by atoms with van der Waals surface area (Å²) in [6, 6.07) is 0.624. The molecule has 2 amide bonds. The van der Waals surface area contributed by atoms with Crippen LogP contribution in [-0.2, 0) is 9.59 Å². The lowest BCUT2D eigenvalue weighted by molar-refractivity contribution is -0.131. The van der Waals surface area contributed by atoms with Gasteiger partial charge in [0.2, 0.25) is 11.8 Å². The summed E-state index contributed by atoms with van der Waals surface area (Å²) in [5, 5.41) is 2.97. The van der Waals surface area contributed by atoms with Gasteiger partial charge in [0.25, 0.3) is 0 Å². The first-order valence-corrected chi connectivity index (χ1v) is 6.71. The normalized spacial score (nSPS) is 26.8. The number of hydrogen-bond acceptors (Lipinski definition) is 2. The number of likely N-dealkylation sites (tertiary alicyclic amines) is 1. The number of nitrogens with one attached hydrogen (secondary N) is 1. The zero-order valence-corrected chi connectivity index (χ0v) is 10.7. The third kappa shape index (κ3) is 2.61. The van der Waals surface area contributed by atoms with E-state index in [1.54, 1.807) is 0 Å². The predicted octanol–water partition coefficient (Wildman–Crippen LogP) is 1.30. The third-order valence-corrected chi connectivity index (χ3v) is 4.05. The summed E-state index contributed by atoms with van der Waals surface area (Å²) >= 11 is 0. The van der Waals surface area contributed by atoms with E-state index < -0.39 is 0 Å². The summed E-state index contributed by atoms with van der Waals surface area (Å²) in [7, 11) is 0. The van der Waals surface area contributed by atoms with Crippen LogP contribution in [0.3, 0.4) is 0 Å². The van der Waals surface area contributed by atoms with Gasteiger partial charge in [-0.15, -0.1) is 0 Å². The maximum absolute atomic E-state index is 11.9. The molecule has 0 bridgehead atoms. The van der Waals surface area contributed by atoms with Crippen LogP contribution in [0.2, 0.25) is 0 Å². The van der Waals surface area contributed by atoms with Crippen molar-refractivity contribution in [3.8, 4) is 0 Å². The zero-order valence-electron chi connectivity index (χ0n) is 10.7. The van der Waals surface area contributed by atoms with Crippen molar-refractivity contribution in [3.63, 3.8) is 0 Å². The Kier molecular flexibility index (Phi) is 3.69. The van der Waals surface area contributed by atoms with Crippen LogP contribution in [0.15, 0.2) is 0 Å². The fourth-order valence-electron chi connectivity index (χ4n) is 2.42. The molecule has 2 aliphatic rings. The Bertz CT molecular complexity index is 313. The topological polar surface area (TPSA) is 49.4 Å². The Morgan fingerprint density at radius 2 is 2.24 bits per heavy atom. The summed E-state index contributed by atoms with van der Waals surface area (Å²) in [6.07, 6.45) is 4.78. The fourth-order valence-corrected chi connectivity index (χ4v) is 2.42. The van der Waals surface area contributed by atoms with E-state index in [0.29, 0.717) is 19.0 Å². The summed E-state index contributed by atoms with van der Waals surface area (Å²) in [5.74, 6) is 0.0885. The van der Waals surface area contributed by atoms with E-state index in [1.807, 2.05) is 18.7 Å². The molecule has 1 N–H and O–H groups in total. The van der Waals surface area contributed by atoms with Crippen LogP contribution in [0.5, 0.6) is 0 Å². The molecular formula is C13H22N2O2. The average molecular weight is 238 g/mol. The molecule has 17 heavy (non-hydrogen) atoms. The molecule has 1 saturated carbocycles. The SMILES string of the molecule is CCC(C)NC(=O)C1CC(=O)N(C2CCC2)C1. The van der Waals surface area contributed by atoms with Crippen molar-refractivity contribution in [3.05, 3.63) is 0 Å². The Morgan fingerprint density at radius 3 is 2.76 bits per heavy atom. The van der Waals surface area contributed by atoms with Crippen molar-refractivity contribution >= 4 is 11.8 Å². The van der Waals surface area contributed by atoms with E-state index in [-0.39, 0.29) is 23.8 Å². The largest absolute Gasteiger partial charge is 0.353 e. The highest BCUT2D eigenvalue weighted by Crippen LogP contribution is 2.30. The zero-order chi connectivity index (χ0) is 12.4. The number of amides is 2. The molecule has 0 aromatic heterocycles. The molecule has 1 aliphatic heterocycles. The number of nitrogens with zero attached hydrogens (tertiary/aromatic N) is 1. The van der Waals surface area contributed by atoms with E-state index >= 15 is 0 Å². The molecule has 96 valence electrons. The van der Waals surface area contributed by atoms with Gasteiger partial charge in [-0.1, -0.05) is 6.92 Å². The number of carbonyl (C=O) groups excluding carboxylic acids is 2. The van der Waals surface area contributed by atoms with Crippen LogP contribution >= 0.6 is 0 Å². The first-order valence-electron chi connectivity index (χ1n) is 6.71. The van der Waals surface area contributed by atoms with Crippen molar-refractivity contribution in [2.75, 3.05) is 6.54 Å². The molecule has 2 rings (SSSR count). The van der Waals surface area contributed by atoms with Gasteiger partial charge in [-0.2, -0.15) is 0 Å². The van der Waals surface area contributed by atoms with E-state index in [0.717, 1.165) is 19.3 Å². The Morgan fingerprint density at radius 1 is 1.53 bits per heavy atom. The monoisotopic (exact) mass is 238 g/mol. The molecule has 2 fully saturated rings. The summed E-state index contributed by atoms with van der Waals surface area (Å²) in [4.78, 5) is 25.7. The van der Waals surface area contributed by atoms with Gasteiger partial charge >= 0.3 is 0 Å². The van der Waals surface area contributed by atoms with Gasteiger partial charge in [0.1, 0.15) is 0 Å². The third-order valence-electron chi connectivity index (χ3n) is 4.05. The molecule has 0 aromatic rings. The van der Waals surface area contributed by atoms with E-state index in [9.17, 15) is 9.59 Å². The van der Waals surface area contributed by atoms with Gasteiger partial charge in [0.15, 0.2) is 0 Å². The first-order chi connectivity index (χ1) is 8.11. The smallest absolute Gasteiger partial charge is 0.225 e. The van der Waals surface area contributed by atoms with Crippen LogP contribution in [0.4, 0.5) is 0 Å². The Labute approximate surface area is 103 Å². The highest BCUT2D eigenvalue weighted by molar-refractivity contribution is 5.89. The lowest BCUT2D eigenvalue weighted by Gasteiger charge is -2.34. The van der Waals surface area contributed by atoms with E-state index in [4.69, 9.17) is 0 Å². The maximum Gasteiger partial charge on any atom is 0.225 e. The van der Waals surface area contributed by atoms with Gasteiger partial charge in [-0.05, 0) is 32.6 Å². The average Bonchev–Trinajstić information content (AvgIpc) is 2.58. The quantitative estimate of drug-likeness (QED) is 0.802. The van der Waals surface area contributed by atoms with Crippen LogP contribution < -0.4 is 5.32 Å². The summed E-state index contributed by atoms with van der Waals surface area (Å²) < 4.78 is 0. The molecule has 1 aliphatic carbocycles. The highest BCUT2D eigenvalue weighted by Gasteiger charge is 2.39. The standard InChI is InChI=1S/C13H22N2O2/c1-3-9(2)14-13(17)10-7-12(16)15(8-10)11-5-4-6-11/h9-11H,3-8H2,1-2H3,(H,14,17). The van der Waals surface area contributed by atoms with Crippen molar-refractivity contribution in [1.29, 1.82) is 0 Å². The summed E-state index contributed by atoms with van der Waals surface area (Å²) in [6.45, 7) is 4.68. The highest BCUT2D eigenvalue weighted by atomic mass is 16.2. The van der Waals surface area contributed by atoms with Gasteiger partial charge in [0.05, 0.1) is 5.92 Å². The van der Waals surface area contributed by atoms with Gasteiger partial charge in [-0.3, -0.25) is 9.59 Å². The van der Waals surface area contributed by atoms with Crippen molar-refractivity contribution < 1.29 is 9.59 Å². The molecular weight excluding hydrogens is 216 g/mol. The molecule has 1 heterocycles. The van der Waals surface area contributed by atoms with E-state index in [2.05, 4.69) is 5.32 Å². The minimum absolute atomic E-state index is 0.0505. The Hall–Kier alpha value is -1.06. The van der Waals surface area contributed by atoms with Crippen molar-refractivity contribution in [2.24, 2.45) is 5.92 Å². The lowest BCUT2D eigenvalue weighted by Crippen LogP contribution is -2.42. The molecule has 0 radical (unpaired) electrons. The molecule has 0 spiro atoms. The van der Waals surface area contributed by atoms with Crippen molar-refractivity contribution in [1.82, 2.24) is 10.2 Å². The Balaban J connectivity index is 1.87. The minimum atomic E-state index is -0.128. The number of hydrogen-bond donors (Lipinski definition) is 1. The number of rotatable bonds is 4.